The molecule has 0 aromatic heterocycles. The van der Waals surface area contributed by atoms with E-state index in [1.54, 1.807) is 0 Å². The Balaban J connectivity index is 2.34. The van der Waals surface area contributed by atoms with E-state index in [1.165, 1.54) is 12.1 Å². The van der Waals surface area contributed by atoms with Crippen LogP contribution in [-0.4, -0.2) is 39.6 Å². The highest BCUT2D eigenvalue weighted by atomic mass is 19.1. The number of carbonyl (C=O) groups excluding carboxylic acids is 1. The topological polar surface area (TPSA) is 77.8 Å². The van der Waals surface area contributed by atoms with Gasteiger partial charge >= 0.3 is 5.97 Å². The summed E-state index contributed by atoms with van der Waals surface area (Å²) in [6.07, 6.45) is 0.987. The van der Waals surface area contributed by atoms with Crippen LogP contribution >= 0.6 is 0 Å². The molecular formula is C14H16FNO4. The average Bonchev–Trinajstić information content (AvgIpc) is 2.38. The number of aliphatic carboxylic acids is 1. The summed E-state index contributed by atoms with van der Waals surface area (Å²) in [5, 5.41) is 18.8. The van der Waals surface area contributed by atoms with Gasteiger partial charge in [0.1, 0.15) is 23.2 Å². The second-order valence-electron chi connectivity index (χ2n) is 5.12. The minimum absolute atomic E-state index is 0.189. The molecule has 0 aliphatic carbocycles. The number of phenolic OH excluding ortho intramolecular Hbond substituents is 1. The van der Waals surface area contributed by atoms with Crippen molar-refractivity contribution in [1.29, 1.82) is 0 Å². The lowest BCUT2D eigenvalue weighted by Crippen LogP contribution is -2.50. The van der Waals surface area contributed by atoms with Crippen LogP contribution in [0.15, 0.2) is 18.2 Å². The molecule has 2 rings (SSSR count). The van der Waals surface area contributed by atoms with Crippen LogP contribution in [-0.2, 0) is 4.79 Å². The zero-order valence-corrected chi connectivity index (χ0v) is 11.0. The Bertz CT molecular complexity index is 526. The third-order valence-corrected chi connectivity index (χ3v) is 3.62. The maximum atomic E-state index is 13.7. The molecule has 1 saturated heterocycles. The fraction of sp³-hybridized carbons (Fsp3) is 0.429. The molecule has 2 unspecified atom stereocenters. The number of hydrogen-bond donors (Lipinski definition) is 2. The van der Waals surface area contributed by atoms with Crippen molar-refractivity contribution in [3.8, 4) is 5.75 Å². The molecule has 1 aliphatic heterocycles. The van der Waals surface area contributed by atoms with Crippen molar-refractivity contribution >= 4 is 11.9 Å². The van der Waals surface area contributed by atoms with Gasteiger partial charge in [0.25, 0.3) is 5.91 Å². The number of carboxylic acid groups (broad SMARTS) is 1. The zero-order chi connectivity index (χ0) is 14.9. The number of likely N-dealkylation sites (tertiary alicyclic amines) is 1. The van der Waals surface area contributed by atoms with Crippen LogP contribution in [0.5, 0.6) is 5.75 Å². The first-order valence-corrected chi connectivity index (χ1v) is 6.43. The summed E-state index contributed by atoms with van der Waals surface area (Å²) in [5.74, 6) is -3.02. The van der Waals surface area contributed by atoms with Gasteiger partial charge in [0.2, 0.25) is 0 Å². The highest BCUT2D eigenvalue weighted by molar-refractivity contribution is 5.99. The minimum Gasteiger partial charge on any atom is -0.507 e. The van der Waals surface area contributed by atoms with Gasteiger partial charge in [0, 0.05) is 6.54 Å². The number of phenols is 1. The third-order valence-electron chi connectivity index (χ3n) is 3.62. The van der Waals surface area contributed by atoms with Crippen molar-refractivity contribution in [3.05, 3.63) is 29.6 Å². The van der Waals surface area contributed by atoms with Crippen LogP contribution in [0.3, 0.4) is 0 Å². The van der Waals surface area contributed by atoms with Gasteiger partial charge in [-0.3, -0.25) is 4.79 Å². The first kappa shape index (κ1) is 14.3. The van der Waals surface area contributed by atoms with Gasteiger partial charge in [0.05, 0.1) is 0 Å². The quantitative estimate of drug-likeness (QED) is 0.867. The largest absolute Gasteiger partial charge is 0.507 e. The molecule has 1 aromatic rings. The maximum Gasteiger partial charge on any atom is 0.326 e. The number of nitrogens with zero attached hydrogens (tertiary/aromatic N) is 1. The molecule has 0 spiro atoms. The van der Waals surface area contributed by atoms with Crippen molar-refractivity contribution in [3.63, 3.8) is 0 Å². The Morgan fingerprint density at radius 3 is 2.70 bits per heavy atom. The Morgan fingerprint density at radius 1 is 1.40 bits per heavy atom. The highest BCUT2D eigenvalue weighted by Crippen LogP contribution is 2.28. The van der Waals surface area contributed by atoms with Gasteiger partial charge in [-0.05, 0) is 30.9 Å². The molecule has 1 aliphatic rings. The van der Waals surface area contributed by atoms with Crippen molar-refractivity contribution < 1.29 is 24.2 Å². The molecule has 5 nitrogen and oxygen atoms in total. The van der Waals surface area contributed by atoms with Crippen LogP contribution in [0.1, 0.15) is 30.1 Å². The monoisotopic (exact) mass is 281 g/mol. The van der Waals surface area contributed by atoms with Gasteiger partial charge in [-0.1, -0.05) is 13.0 Å². The van der Waals surface area contributed by atoms with E-state index >= 15 is 0 Å². The molecule has 0 radical (unpaired) electrons. The molecule has 1 amide bonds. The molecule has 2 N–H and O–H groups in total. The van der Waals surface area contributed by atoms with Crippen LogP contribution < -0.4 is 0 Å². The van der Waals surface area contributed by atoms with Crippen LogP contribution in [0, 0.1) is 11.7 Å². The number of piperidine rings is 1. The third kappa shape index (κ3) is 2.59. The lowest BCUT2D eigenvalue weighted by Gasteiger charge is -2.36. The number of halogens is 1. The predicted molar refractivity (Wildman–Crippen MR) is 68.9 cm³/mol. The molecule has 1 aromatic carbocycles. The second-order valence-corrected chi connectivity index (χ2v) is 5.12. The Labute approximate surface area is 115 Å². The van der Waals surface area contributed by atoms with Crippen LogP contribution in [0.4, 0.5) is 4.39 Å². The summed E-state index contributed by atoms with van der Waals surface area (Å²) in [4.78, 5) is 24.7. The summed E-state index contributed by atoms with van der Waals surface area (Å²) >= 11 is 0. The van der Waals surface area contributed by atoms with Gasteiger partial charge in [-0.25, -0.2) is 9.18 Å². The fourth-order valence-electron chi connectivity index (χ4n) is 2.49. The van der Waals surface area contributed by atoms with E-state index in [1.807, 2.05) is 6.92 Å². The Hall–Kier alpha value is -2.11. The molecule has 1 heterocycles. The Kier molecular flexibility index (Phi) is 3.92. The molecule has 6 heteroatoms. The molecule has 2 atom stereocenters. The lowest BCUT2D eigenvalue weighted by molar-refractivity contribution is -0.144. The highest BCUT2D eigenvalue weighted by Gasteiger charge is 2.36. The van der Waals surface area contributed by atoms with E-state index in [2.05, 4.69) is 0 Å². The number of carboxylic acids is 1. The van der Waals surface area contributed by atoms with E-state index in [0.29, 0.717) is 12.8 Å². The molecule has 108 valence electrons. The number of aromatic hydroxyl groups is 1. The number of amides is 1. The van der Waals surface area contributed by atoms with Crippen LogP contribution in [0.25, 0.3) is 0 Å². The molecule has 20 heavy (non-hydrogen) atoms. The standard InChI is InChI=1S/C14H16FNO4/c1-8-5-6-16(10(7-8)14(19)20)13(18)12-9(15)3-2-4-11(12)17/h2-4,8,10,17H,5-7H2,1H3,(H,19,20). The van der Waals surface area contributed by atoms with E-state index in [4.69, 9.17) is 0 Å². The molecule has 0 bridgehead atoms. The molecule has 0 saturated carbocycles. The number of benzene rings is 1. The van der Waals surface area contributed by atoms with Gasteiger partial charge in [0.15, 0.2) is 0 Å². The SMILES string of the molecule is CC1CCN(C(=O)c2c(O)cccc2F)C(C(=O)O)C1. The van der Waals surface area contributed by atoms with Crippen molar-refractivity contribution in [2.45, 2.75) is 25.8 Å². The summed E-state index contributed by atoms with van der Waals surface area (Å²) in [6, 6.07) is 2.58. The van der Waals surface area contributed by atoms with Crippen LogP contribution in [0.2, 0.25) is 0 Å². The average molecular weight is 281 g/mol. The fourth-order valence-corrected chi connectivity index (χ4v) is 2.49. The van der Waals surface area contributed by atoms with E-state index < -0.39 is 35.0 Å². The van der Waals surface area contributed by atoms with E-state index in [9.17, 15) is 24.2 Å². The Morgan fingerprint density at radius 2 is 2.10 bits per heavy atom. The first-order chi connectivity index (χ1) is 9.41. The van der Waals surface area contributed by atoms with Crippen molar-refractivity contribution in [1.82, 2.24) is 4.90 Å². The summed E-state index contributed by atoms with van der Waals surface area (Å²) < 4.78 is 13.7. The van der Waals surface area contributed by atoms with Gasteiger partial charge in [-0.15, -0.1) is 0 Å². The van der Waals surface area contributed by atoms with E-state index in [-0.39, 0.29) is 12.5 Å². The summed E-state index contributed by atoms with van der Waals surface area (Å²) in [5.41, 5.74) is -0.465. The normalized spacial score (nSPS) is 22.6. The molecule has 1 fully saturated rings. The van der Waals surface area contributed by atoms with Gasteiger partial charge in [-0.2, -0.15) is 0 Å². The maximum absolute atomic E-state index is 13.7. The lowest BCUT2D eigenvalue weighted by atomic mass is 9.91. The molecular weight excluding hydrogens is 265 g/mol. The van der Waals surface area contributed by atoms with Crippen molar-refractivity contribution in [2.75, 3.05) is 6.54 Å². The minimum atomic E-state index is -1.11. The smallest absolute Gasteiger partial charge is 0.326 e. The summed E-state index contributed by atoms with van der Waals surface area (Å²) in [7, 11) is 0. The predicted octanol–water partition coefficient (Wildman–Crippen LogP) is 1.86. The van der Waals surface area contributed by atoms with Gasteiger partial charge < -0.3 is 15.1 Å². The van der Waals surface area contributed by atoms with Crippen molar-refractivity contribution in [2.24, 2.45) is 5.92 Å². The van der Waals surface area contributed by atoms with E-state index in [0.717, 1.165) is 11.0 Å². The summed E-state index contributed by atoms with van der Waals surface area (Å²) in [6.45, 7) is 2.16. The number of carbonyl (C=O) groups is 2. The zero-order valence-electron chi connectivity index (χ0n) is 11.0. The number of rotatable bonds is 2. The second kappa shape index (κ2) is 5.48. The first-order valence-electron chi connectivity index (χ1n) is 6.43. The number of hydrogen-bond acceptors (Lipinski definition) is 3.